The van der Waals surface area contributed by atoms with E-state index in [1.54, 1.807) is 17.0 Å². The van der Waals surface area contributed by atoms with E-state index in [4.69, 9.17) is 0 Å². The number of amides is 1. The first-order valence-electron chi connectivity index (χ1n) is 9.69. The lowest BCUT2D eigenvalue weighted by atomic mass is 10.0. The zero-order chi connectivity index (χ0) is 20.2. The summed E-state index contributed by atoms with van der Waals surface area (Å²) < 4.78 is 28.4. The van der Waals surface area contributed by atoms with Crippen LogP contribution in [0.5, 0.6) is 0 Å². The SMILES string of the molecule is CC(C)C[C@@H](NS(=O)(=O)c1ccc(C(C)C)cc1)C(=O)N1CCN(C)CC1. The molecule has 1 fully saturated rings. The minimum absolute atomic E-state index is 0.126. The molecule has 1 aliphatic rings. The Morgan fingerprint density at radius 1 is 1.04 bits per heavy atom. The first-order valence-corrected chi connectivity index (χ1v) is 11.2. The molecule has 0 bridgehead atoms. The molecule has 6 nitrogen and oxygen atoms in total. The maximum absolute atomic E-state index is 13.0. The normalized spacial score (nSPS) is 17.5. The average molecular weight is 396 g/mol. The molecule has 0 saturated carbocycles. The predicted octanol–water partition coefficient (Wildman–Crippen LogP) is 2.28. The summed E-state index contributed by atoms with van der Waals surface area (Å²) in [6.07, 6.45) is 0.481. The van der Waals surface area contributed by atoms with Gasteiger partial charge < -0.3 is 9.80 Å². The lowest BCUT2D eigenvalue weighted by molar-refractivity contribution is -0.135. The Kier molecular flexibility index (Phi) is 7.42. The highest BCUT2D eigenvalue weighted by atomic mass is 32.2. The molecule has 1 aromatic rings. The van der Waals surface area contributed by atoms with Gasteiger partial charge in [0.1, 0.15) is 6.04 Å². The van der Waals surface area contributed by atoms with Crippen LogP contribution in [-0.2, 0) is 14.8 Å². The Morgan fingerprint density at radius 3 is 2.07 bits per heavy atom. The molecule has 0 radical (unpaired) electrons. The van der Waals surface area contributed by atoms with Gasteiger partial charge in [-0.3, -0.25) is 4.79 Å². The third kappa shape index (κ3) is 6.02. The van der Waals surface area contributed by atoms with Gasteiger partial charge in [0.25, 0.3) is 0 Å². The largest absolute Gasteiger partial charge is 0.339 e. The van der Waals surface area contributed by atoms with E-state index < -0.39 is 16.1 Å². The van der Waals surface area contributed by atoms with Crippen molar-refractivity contribution in [2.45, 2.75) is 51.0 Å². The zero-order valence-corrected chi connectivity index (χ0v) is 17.9. The van der Waals surface area contributed by atoms with Crippen molar-refractivity contribution < 1.29 is 13.2 Å². The summed E-state index contributed by atoms with van der Waals surface area (Å²) in [5.74, 6) is 0.416. The van der Waals surface area contributed by atoms with Crippen LogP contribution in [-0.4, -0.2) is 63.4 Å². The van der Waals surface area contributed by atoms with Gasteiger partial charge in [0.05, 0.1) is 4.90 Å². The Balaban J connectivity index is 2.17. The number of hydrogen-bond acceptors (Lipinski definition) is 4. The molecule has 7 heteroatoms. The second-order valence-electron chi connectivity index (χ2n) is 8.16. The first-order chi connectivity index (χ1) is 12.6. The fraction of sp³-hybridized carbons (Fsp3) is 0.650. The average Bonchev–Trinajstić information content (AvgIpc) is 2.60. The second kappa shape index (κ2) is 9.17. The number of piperazine rings is 1. The Bertz CT molecular complexity index is 721. The van der Waals surface area contributed by atoms with Crippen molar-refractivity contribution in [3.63, 3.8) is 0 Å². The molecule has 0 aliphatic carbocycles. The van der Waals surface area contributed by atoms with E-state index in [1.807, 2.05) is 33.0 Å². The fourth-order valence-corrected chi connectivity index (χ4v) is 4.41. The Hall–Kier alpha value is -1.44. The van der Waals surface area contributed by atoms with E-state index in [2.05, 4.69) is 23.5 Å². The standard InChI is InChI=1S/C20H33N3O3S/c1-15(2)14-19(20(24)23-12-10-22(5)11-13-23)21-27(25,26)18-8-6-17(7-9-18)16(3)4/h6-9,15-16,19,21H,10-14H2,1-5H3/t19-/m1/s1. The van der Waals surface area contributed by atoms with Gasteiger partial charge in [-0.2, -0.15) is 4.72 Å². The summed E-state index contributed by atoms with van der Waals surface area (Å²) in [5.41, 5.74) is 1.08. The molecule has 0 aromatic heterocycles. The van der Waals surface area contributed by atoms with Gasteiger partial charge in [0, 0.05) is 26.2 Å². The maximum atomic E-state index is 13.0. The predicted molar refractivity (Wildman–Crippen MR) is 108 cm³/mol. The van der Waals surface area contributed by atoms with Crippen molar-refractivity contribution in [1.29, 1.82) is 0 Å². The first kappa shape index (κ1) is 21.9. The molecule has 152 valence electrons. The van der Waals surface area contributed by atoms with E-state index in [9.17, 15) is 13.2 Å². The summed E-state index contributed by atoms with van der Waals surface area (Å²) >= 11 is 0. The molecule has 1 aliphatic heterocycles. The summed E-state index contributed by atoms with van der Waals surface area (Å²) in [6.45, 7) is 11.0. The topological polar surface area (TPSA) is 69.7 Å². The van der Waals surface area contributed by atoms with Crippen molar-refractivity contribution in [3.05, 3.63) is 29.8 Å². The quantitative estimate of drug-likeness (QED) is 0.769. The van der Waals surface area contributed by atoms with Crippen LogP contribution in [0, 0.1) is 5.92 Å². The third-order valence-corrected chi connectivity index (χ3v) is 6.46. The van der Waals surface area contributed by atoms with Crippen molar-refractivity contribution in [3.8, 4) is 0 Å². The number of carbonyl (C=O) groups excluding carboxylic acids is 1. The van der Waals surface area contributed by atoms with Gasteiger partial charge in [-0.1, -0.05) is 39.8 Å². The molecule has 1 saturated heterocycles. The number of nitrogens with one attached hydrogen (secondary N) is 1. The highest BCUT2D eigenvalue weighted by molar-refractivity contribution is 7.89. The van der Waals surface area contributed by atoms with E-state index in [0.717, 1.165) is 18.7 Å². The number of rotatable bonds is 7. The van der Waals surface area contributed by atoms with Crippen LogP contribution >= 0.6 is 0 Å². The number of nitrogens with zero attached hydrogens (tertiary/aromatic N) is 2. The Morgan fingerprint density at radius 2 is 1.59 bits per heavy atom. The van der Waals surface area contributed by atoms with Gasteiger partial charge >= 0.3 is 0 Å². The monoisotopic (exact) mass is 395 g/mol. The van der Waals surface area contributed by atoms with E-state index in [1.165, 1.54) is 0 Å². The highest BCUT2D eigenvalue weighted by Gasteiger charge is 2.31. The lowest BCUT2D eigenvalue weighted by Gasteiger charge is -2.35. The molecular weight excluding hydrogens is 362 g/mol. The van der Waals surface area contributed by atoms with Crippen LogP contribution in [0.3, 0.4) is 0 Å². The van der Waals surface area contributed by atoms with Gasteiger partial charge in [-0.25, -0.2) is 8.42 Å². The van der Waals surface area contributed by atoms with Gasteiger partial charge in [0.15, 0.2) is 0 Å². The third-order valence-electron chi connectivity index (χ3n) is 4.97. The molecule has 1 N–H and O–H groups in total. The van der Waals surface area contributed by atoms with Gasteiger partial charge in [-0.05, 0) is 43.0 Å². The number of hydrogen-bond donors (Lipinski definition) is 1. The van der Waals surface area contributed by atoms with Crippen molar-refractivity contribution in [2.75, 3.05) is 33.2 Å². The molecule has 1 atom stereocenters. The summed E-state index contributed by atoms with van der Waals surface area (Å²) in [7, 11) is -1.73. The van der Waals surface area contributed by atoms with E-state index in [0.29, 0.717) is 25.4 Å². The molecule has 1 heterocycles. The highest BCUT2D eigenvalue weighted by Crippen LogP contribution is 2.19. The summed E-state index contributed by atoms with van der Waals surface area (Å²) in [4.78, 5) is 17.1. The number of carbonyl (C=O) groups is 1. The van der Waals surface area contributed by atoms with Crippen LogP contribution in [0.1, 0.15) is 45.6 Å². The summed E-state index contributed by atoms with van der Waals surface area (Å²) in [6, 6.07) is 6.16. The smallest absolute Gasteiger partial charge is 0.241 e. The number of sulfonamides is 1. The van der Waals surface area contributed by atoms with Crippen LogP contribution in [0.25, 0.3) is 0 Å². The molecule has 27 heavy (non-hydrogen) atoms. The van der Waals surface area contributed by atoms with Crippen molar-refractivity contribution >= 4 is 15.9 Å². The fourth-order valence-electron chi connectivity index (χ4n) is 3.21. The number of likely N-dealkylation sites (N-methyl/N-ethyl adjacent to an activating group) is 1. The van der Waals surface area contributed by atoms with Gasteiger partial charge in [0.2, 0.25) is 15.9 Å². The maximum Gasteiger partial charge on any atom is 0.241 e. The number of benzene rings is 1. The van der Waals surface area contributed by atoms with E-state index >= 15 is 0 Å². The molecule has 1 amide bonds. The van der Waals surface area contributed by atoms with Crippen LogP contribution in [0.2, 0.25) is 0 Å². The van der Waals surface area contributed by atoms with Crippen molar-refractivity contribution in [2.24, 2.45) is 5.92 Å². The van der Waals surface area contributed by atoms with E-state index in [-0.39, 0.29) is 16.7 Å². The van der Waals surface area contributed by atoms with Crippen LogP contribution in [0.15, 0.2) is 29.2 Å². The summed E-state index contributed by atoms with van der Waals surface area (Å²) in [5, 5.41) is 0. The van der Waals surface area contributed by atoms with Crippen LogP contribution < -0.4 is 4.72 Å². The molecule has 0 unspecified atom stereocenters. The second-order valence-corrected chi connectivity index (χ2v) is 9.87. The van der Waals surface area contributed by atoms with Crippen molar-refractivity contribution in [1.82, 2.24) is 14.5 Å². The molecule has 2 rings (SSSR count). The molecular formula is C20H33N3O3S. The Labute approximate surface area is 164 Å². The molecule has 0 spiro atoms. The molecule has 1 aromatic carbocycles. The van der Waals surface area contributed by atoms with Crippen LogP contribution in [0.4, 0.5) is 0 Å². The van der Waals surface area contributed by atoms with Gasteiger partial charge in [-0.15, -0.1) is 0 Å². The lowest BCUT2D eigenvalue weighted by Crippen LogP contribution is -2.54. The minimum Gasteiger partial charge on any atom is -0.339 e. The minimum atomic E-state index is -3.75. The zero-order valence-electron chi connectivity index (χ0n) is 17.1.